The molecular formula is C35H53N3O4. The first-order valence-electron chi connectivity index (χ1n) is 15.8. The van der Waals surface area contributed by atoms with E-state index in [2.05, 4.69) is 31.4 Å². The Morgan fingerprint density at radius 2 is 1.45 bits per heavy atom. The molecule has 7 nitrogen and oxygen atoms in total. The molecule has 232 valence electrons. The maximum absolute atomic E-state index is 14.5. The van der Waals surface area contributed by atoms with Gasteiger partial charge in [-0.25, -0.2) is 4.79 Å². The van der Waals surface area contributed by atoms with Gasteiger partial charge in [-0.15, -0.1) is 0 Å². The third-order valence-electron chi connectivity index (χ3n) is 7.15. The highest BCUT2D eigenvalue weighted by Gasteiger charge is 2.36. The summed E-state index contributed by atoms with van der Waals surface area (Å²) in [5, 5.41) is 5.92. The van der Waals surface area contributed by atoms with Gasteiger partial charge in [-0.1, -0.05) is 107 Å². The molecule has 3 amide bonds. The maximum Gasteiger partial charge on any atom is 0.408 e. The minimum atomic E-state index is -0.904. The monoisotopic (exact) mass is 579 g/mol. The zero-order chi connectivity index (χ0) is 31.0. The van der Waals surface area contributed by atoms with Crippen LogP contribution in [0.25, 0.3) is 0 Å². The van der Waals surface area contributed by atoms with Gasteiger partial charge in [-0.3, -0.25) is 9.59 Å². The quantitative estimate of drug-likeness (QED) is 0.195. The van der Waals surface area contributed by atoms with Crippen molar-refractivity contribution in [2.75, 3.05) is 13.1 Å². The first-order chi connectivity index (χ1) is 20.1. The summed E-state index contributed by atoms with van der Waals surface area (Å²) in [6, 6.07) is 15.8. The summed E-state index contributed by atoms with van der Waals surface area (Å²) in [7, 11) is 0. The standard InChI is InChI=1S/C35H53N3O4/c1-7-10-12-13-17-25-38(31(32(39)36-24-11-8-2)29-22-20-27(9-3)21-23-29)33(40)30(26-28-18-15-14-16-19-28)37-34(41)42-35(4,5)6/h14-16,18-23,30-31H,7-13,17,24-26H2,1-6H3,(H,36,39)(H,37,41). The van der Waals surface area contributed by atoms with E-state index >= 15 is 0 Å². The number of carbonyl (C=O) groups is 3. The zero-order valence-corrected chi connectivity index (χ0v) is 26.7. The lowest BCUT2D eigenvalue weighted by Gasteiger charge is -2.35. The minimum absolute atomic E-state index is 0.203. The van der Waals surface area contributed by atoms with Gasteiger partial charge in [-0.2, -0.15) is 0 Å². The fourth-order valence-electron chi connectivity index (χ4n) is 4.85. The van der Waals surface area contributed by atoms with Crippen molar-refractivity contribution in [2.45, 2.75) is 117 Å². The van der Waals surface area contributed by atoms with Crippen LogP contribution in [0.15, 0.2) is 54.6 Å². The number of ether oxygens (including phenoxy) is 1. The van der Waals surface area contributed by atoms with Gasteiger partial charge < -0.3 is 20.3 Å². The molecule has 0 aliphatic carbocycles. The number of hydrogen-bond acceptors (Lipinski definition) is 4. The van der Waals surface area contributed by atoms with Crippen LogP contribution in [0.4, 0.5) is 4.79 Å². The summed E-state index contributed by atoms with van der Waals surface area (Å²) in [6.45, 7) is 12.7. The van der Waals surface area contributed by atoms with E-state index in [0.29, 0.717) is 13.1 Å². The number of unbranched alkanes of at least 4 members (excludes halogenated alkanes) is 5. The maximum atomic E-state index is 14.5. The predicted octanol–water partition coefficient (Wildman–Crippen LogP) is 7.14. The molecule has 0 aliphatic heterocycles. The van der Waals surface area contributed by atoms with Crippen molar-refractivity contribution in [1.29, 1.82) is 0 Å². The second kappa shape index (κ2) is 18.2. The number of carbonyl (C=O) groups excluding carboxylic acids is 3. The molecule has 42 heavy (non-hydrogen) atoms. The Balaban J connectivity index is 2.52. The van der Waals surface area contributed by atoms with Crippen LogP contribution in [0.5, 0.6) is 0 Å². The molecule has 7 heteroatoms. The second-order valence-electron chi connectivity index (χ2n) is 12.0. The Bertz CT molecular complexity index is 1080. The number of aryl methyl sites for hydroxylation is 1. The van der Waals surface area contributed by atoms with Crippen molar-refractivity contribution in [3.05, 3.63) is 71.3 Å². The molecule has 0 radical (unpaired) electrons. The highest BCUT2D eigenvalue weighted by molar-refractivity contribution is 5.92. The van der Waals surface area contributed by atoms with Crippen molar-refractivity contribution >= 4 is 17.9 Å². The number of hydrogen-bond donors (Lipinski definition) is 2. The van der Waals surface area contributed by atoms with E-state index in [9.17, 15) is 14.4 Å². The van der Waals surface area contributed by atoms with Gasteiger partial charge in [0.05, 0.1) is 0 Å². The Kier molecular flexibility index (Phi) is 15.1. The largest absolute Gasteiger partial charge is 0.444 e. The van der Waals surface area contributed by atoms with E-state index < -0.39 is 23.8 Å². The molecule has 0 saturated heterocycles. The second-order valence-corrected chi connectivity index (χ2v) is 12.0. The highest BCUT2D eigenvalue weighted by Crippen LogP contribution is 2.25. The number of nitrogens with zero attached hydrogens (tertiary/aromatic N) is 1. The molecule has 2 N–H and O–H groups in total. The van der Waals surface area contributed by atoms with E-state index in [0.717, 1.165) is 68.1 Å². The van der Waals surface area contributed by atoms with E-state index in [1.54, 1.807) is 25.7 Å². The number of benzene rings is 2. The molecule has 2 aromatic rings. The fourth-order valence-corrected chi connectivity index (χ4v) is 4.85. The molecule has 0 spiro atoms. The van der Waals surface area contributed by atoms with Crippen LogP contribution in [0.2, 0.25) is 0 Å². The molecule has 0 heterocycles. The lowest BCUT2D eigenvalue weighted by Crippen LogP contribution is -2.54. The minimum Gasteiger partial charge on any atom is -0.444 e. The third kappa shape index (κ3) is 12.3. The Morgan fingerprint density at radius 1 is 0.810 bits per heavy atom. The van der Waals surface area contributed by atoms with Gasteiger partial charge in [0.15, 0.2) is 0 Å². The SMILES string of the molecule is CCCCCCCN(C(=O)C(Cc1ccccc1)NC(=O)OC(C)(C)C)C(C(=O)NCCCC)c1ccc(CC)cc1. The Labute approximate surface area is 253 Å². The normalized spacial score (nSPS) is 12.7. The smallest absolute Gasteiger partial charge is 0.408 e. The molecule has 2 aromatic carbocycles. The number of amides is 3. The summed E-state index contributed by atoms with van der Waals surface area (Å²) in [5.41, 5.74) is 2.12. The van der Waals surface area contributed by atoms with Crippen LogP contribution in [-0.2, 0) is 27.2 Å². The van der Waals surface area contributed by atoms with Crippen molar-refractivity contribution in [2.24, 2.45) is 0 Å². The third-order valence-corrected chi connectivity index (χ3v) is 7.15. The van der Waals surface area contributed by atoms with Gasteiger partial charge in [0.1, 0.15) is 17.7 Å². The molecular weight excluding hydrogens is 526 g/mol. The number of alkyl carbamates (subject to hydrolysis) is 1. The molecule has 0 bridgehead atoms. The van der Waals surface area contributed by atoms with Gasteiger partial charge in [0.25, 0.3) is 0 Å². The van der Waals surface area contributed by atoms with E-state index in [1.165, 1.54) is 0 Å². The van der Waals surface area contributed by atoms with Crippen LogP contribution in [0.3, 0.4) is 0 Å². The van der Waals surface area contributed by atoms with Gasteiger partial charge in [0, 0.05) is 19.5 Å². The Morgan fingerprint density at radius 3 is 2.05 bits per heavy atom. The predicted molar refractivity (Wildman–Crippen MR) is 170 cm³/mol. The van der Waals surface area contributed by atoms with Crippen molar-refractivity contribution in [3.63, 3.8) is 0 Å². The first kappa shape index (κ1) is 34.8. The average Bonchev–Trinajstić information content (AvgIpc) is 2.95. The molecule has 0 fully saturated rings. The van der Waals surface area contributed by atoms with Gasteiger partial charge >= 0.3 is 6.09 Å². The topological polar surface area (TPSA) is 87.7 Å². The Hall–Kier alpha value is -3.35. The lowest BCUT2D eigenvalue weighted by molar-refractivity contribution is -0.142. The summed E-state index contributed by atoms with van der Waals surface area (Å²) in [5.74, 6) is -0.499. The van der Waals surface area contributed by atoms with Gasteiger partial charge in [-0.05, 0) is 56.7 Å². The van der Waals surface area contributed by atoms with Crippen LogP contribution in [-0.4, -0.2) is 47.5 Å². The van der Waals surface area contributed by atoms with Gasteiger partial charge in [0.2, 0.25) is 11.8 Å². The van der Waals surface area contributed by atoms with Crippen molar-refractivity contribution < 1.29 is 19.1 Å². The van der Waals surface area contributed by atoms with Crippen LogP contribution in [0.1, 0.15) is 109 Å². The molecule has 0 aromatic heterocycles. The zero-order valence-electron chi connectivity index (χ0n) is 26.7. The summed E-state index contributed by atoms with van der Waals surface area (Å²) in [4.78, 5) is 43.0. The average molecular weight is 580 g/mol. The highest BCUT2D eigenvalue weighted by atomic mass is 16.6. The summed E-state index contributed by atoms with van der Waals surface area (Å²) >= 11 is 0. The van der Waals surface area contributed by atoms with Crippen molar-refractivity contribution in [1.82, 2.24) is 15.5 Å². The molecule has 0 aliphatic rings. The fraction of sp³-hybridized carbons (Fsp3) is 0.571. The van der Waals surface area contributed by atoms with E-state index in [-0.39, 0.29) is 18.2 Å². The van der Waals surface area contributed by atoms with Crippen LogP contribution >= 0.6 is 0 Å². The molecule has 0 saturated carbocycles. The summed E-state index contributed by atoms with van der Waals surface area (Å²) < 4.78 is 5.54. The van der Waals surface area contributed by atoms with E-state index in [1.807, 2.05) is 54.6 Å². The molecule has 2 rings (SSSR count). The number of rotatable bonds is 17. The van der Waals surface area contributed by atoms with Crippen LogP contribution in [0, 0.1) is 0 Å². The van der Waals surface area contributed by atoms with E-state index in [4.69, 9.17) is 4.74 Å². The lowest BCUT2D eigenvalue weighted by atomic mass is 9.98. The van der Waals surface area contributed by atoms with Crippen molar-refractivity contribution in [3.8, 4) is 0 Å². The van der Waals surface area contributed by atoms with Crippen LogP contribution < -0.4 is 10.6 Å². The number of nitrogens with one attached hydrogen (secondary N) is 2. The molecule has 2 unspecified atom stereocenters. The molecule has 2 atom stereocenters. The summed E-state index contributed by atoms with van der Waals surface area (Å²) in [6.07, 6.45) is 7.36. The first-order valence-corrected chi connectivity index (χ1v) is 15.8.